The highest BCUT2D eigenvalue weighted by molar-refractivity contribution is 7.80. The van der Waals surface area contributed by atoms with E-state index in [0.29, 0.717) is 22.7 Å². The molecule has 1 heterocycles. The molecule has 0 bridgehead atoms. The van der Waals surface area contributed by atoms with Gasteiger partial charge in [0.15, 0.2) is 16.6 Å². The molecule has 3 rings (SSSR count). The molecule has 0 spiro atoms. The number of benzene rings is 2. The zero-order chi connectivity index (χ0) is 22.0. The number of amides is 2. The van der Waals surface area contributed by atoms with Gasteiger partial charge in [0.1, 0.15) is 5.57 Å². The maximum atomic E-state index is 13.2. The van der Waals surface area contributed by atoms with Crippen LogP contribution in [0.3, 0.4) is 0 Å². The van der Waals surface area contributed by atoms with Crippen LogP contribution in [0.5, 0.6) is 11.5 Å². The summed E-state index contributed by atoms with van der Waals surface area (Å²) in [6, 6.07) is 10.9. The molecule has 1 aliphatic rings. The van der Waals surface area contributed by atoms with Gasteiger partial charge in [-0.15, -0.1) is 0 Å². The largest absolute Gasteiger partial charge is 0.493 e. The van der Waals surface area contributed by atoms with E-state index in [9.17, 15) is 9.59 Å². The SMILES string of the molecule is COc1cc(/C=C2\C(=O)NC(=S)N(c3ccc(C)cc3C)C2=O)ccc1OC(C)C. The summed E-state index contributed by atoms with van der Waals surface area (Å²) < 4.78 is 11.1. The van der Waals surface area contributed by atoms with Gasteiger partial charge >= 0.3 is 0 Å². The van der Waals surface area contributed by atoms with Crippen molar-refractivity contribution in [2.24, 2.45) is 0 Å². The predicted molar refractivity (Wildman–Crippen MR) is 121 cm³/mol. The van der Waals surface area contributed by atoms with E-state index >= 15 is 0 Å². The van der Waals surface area contributed by atoms with Crippen LogP contribution in [0.2, 0.25) is 0 Å². The standard InChI is InChI=1S/C23H24N2O4S/c1-13(2)29-19-9-7-16(12-20(19)28-5)11-17-21(26)24-23(30)25(22(17)27)18-8-6-14(3)10-15(18)4/h6-13H,1-5H3,(H,24,26,30)/b17-11+. The molecule has 7 heteroatoms. The predicted octanol–water partition coefficient (Wildman–Crippen LogP) is 3.93. The number of carbonyl (C=O) groups excluding carboxylic acids is 2. The normalized spacial score (nSPS) is 15.6. The summed E-state index contributed by atoms with van der Waals surface area (Å²) in [5, 5.41) is 2.67. The van der Waals surface area contributed by atoms with Crippen LogP contribution < -0.4 is 19.7 Å². The van der Waals surface area contributed by atoms with E-state index in [0.717, 1.165) is 11.1 Å². The first kappa shape index (κ1) is 21.5. The number of hydrogen-bond donors (Lipinski definition) is 1. The van der Waals surface area contributed by atoms with Gasteiger partial charge in [-0.1, -0.05) is 23.8 Å². The first-order valence-electron chi connectivity index (χ1n) is 9.54. The van der Waals surface area contributed by atoms with Crippen molar-refractivity contribution in [2.45, 2.75) is 33.8 Å². The van der Waals surface area contributed by atoms with Crippen molar-refractivity contribution in [1.82, 2.24) is 5.32 Å². The number of hydrogen-bond acceptors (Lipinski definition) is 5. The summed E-state index contributed by atoms with van der Waals surface area (Å²) in [4.78, 5) is 27.1. The zero-order valence-corrected chi connectivity index (χ0v) is 18.4. The molecular formula is C23H24N2O4S. The molecule has 2 aromatic rings. The summed E-state index contributed by atoms with van der Waals surface area (Å²) in [6.07, 6.45) is 1.51. The van der Waals surface area contributed by atoms with Gasteiger partial charge in [-0.25, -0.2) is 0 Å². The van der Waals surface area contributed by atoms with Gasteiger partial charge in [0.2, 0.25) is 0 Å². The molecule has 1 fully saturated rings. The van der Waals surface area contributed by atoms with E-state index < -0.39 is 11.8 Å². The maximum absolute atomic E-state index is 13.2. The van der Waals surface area contributed by atoms with Gasteiger partial charge in [-0.3, -0.25) is 19.8 Å². The molecule has 1 N–H and O–H groups in total. The van der Waals surface area contributed by atoms with Crippen LogP contribution in [-0.2, 0) is 9.59 Å². The smallest absolute Gasteiger partial charge is 0.270 e. The molecule has 2 amide bonds. The summed E-state index contributed by atoms with van der Waals surface area (Å²) in [6.45, 7) is 7.71. The number of anilines is 1. The summed E-state index contributed by atoms with van der Waals surface area (Å²) >= 11 is 5.28. The summed E-state index contributed by atoms with van der Waals surface area (Å²) in [5.41, 5.74) is 3.22. The topological polar surface area (TPSA) is 67.9 Å². The monoisotopic (exact) mass is 424 g/mol. The third-order valence-electron chi connectivity index (χ3n) is 4.56. The van der Waals surface area contributed by atoms with Gasteiger partial charge in [-0.05, 0) is 75.3 Å². The second kappa shape index (κ2) is 8.67. The van der Waals surface area contributed by atoms with Crippen molar-refractivity contribution in [3.05, 3.63) is 58.7 Å². The number of thiocarbonyl (C=S) groups is 1. The van der Waals surface area contributed by atoms with E-state index in [2.05, 4.69) is 5.32 Å². The Labute approximate surface area is 181 Å². The minimum atomic E-state index is -0.535. The van der Waals surface area contributed by atoms with Crippen molar-refractivity contribution < 1.29 is 19.1 Å². The first-order valence-corrected chi connectivity index (χ1v) is 9.95. The average Bonchev–Trinajstić information content (AvgIpc) is 2.67. The average molecular weight is 425 g/mol. The fourth-order valence-electron chi connectivity index (χ4n) is 3.22. The molecule has 0 atom stereocenters. The fourth-order valence-corrected chi connectivity index (χ4v) is 3.50. The Kier molecular flexibility index (Phi) is 6.22. The van der Waals surface area contributed by atoms with Gasteiger partial charge in [0.05, 0.1) is 18.9 Å². The number of aryl methyl sites for hydroxylation is 2. The number of nitrogens with one attached hydrogen (secondary N) is 1. The van der Waals surface area contributed by atoms with Crippen LogP contribution in [0, 0.1) is 13.8 Å². The van der Waals surface area contributed by atoms with Crippen molar-refractivity contribution in [2.75, 3.05) is 12.0 Å². The Morgan fingerprint density at radius 2 is 1.80 bits per heavy atom. The molecule has 156 valence electrons. The van der Waals surface area contributed by atoms with Gasteiger partial charge in [0, 0.05) is 0 Å². The van der Waals surface area contributed by atoms with Crippen molar-refractivity contribution in [3.8, 4) is 11.5 Å². The summed E-state index contributed by atoms with van der Waals surface area (Å²) in [5.74, 6) is 0.0975. The van der Waals surface area contributed by atoms with Crippen LogP contribution in [0.4, 0.5) is 5.69 Å². The number of rotatable bonds is 5. The lowest BCUT2D eigenvalue weighted by Crippen LogP contribution is -2.54. The number of methoxy groups -OCH3 is 1. The minimum absolute atomic E-state index is 0.0110. The second-order valence-corrected chi connectivity index (χ2v) is 7.71. The molecule has 30 heavy (non-hydrogen) atoms. The van der Waals surface area contributed by atoms with E-state index in [4.69, 9.17) is 21.7 Å². The molecule has 0 aromatic heterocycles. The first-order chi connectivity index (χ1) is 14.2. The zero-order valence-electron chi connectivity index (χ0n) is 17.6. The third kappa shape index (κ3) is 4.36. The van der Waals surface area contributed by atoms with Crippen LogP contribution >= 0.6 is 12.2 Å². The lowest BCUT2D eigenvalue weighted by atomic mass is 10.0. The van der Waals surface area contributed by atoms with Crippen molar-refractivity contribution in [3.63, 3.8) is 0 Å². The quantitative estimate of drug-likeness (QED) is 0.448. The lowest BCUT2D eigenvalue weighted by molar-refractivity contribution is -0.122. The van der Waals surface area contributed by atoms with Crippen LogP contribution in [0.15, 0.2) is 42.0 Å². The molecule has 1 saturated heterocycles. The highest BCUT2D eigenvalue weighted by atomic mass is 32.1. The highest BCUT2D eigenvalue weighted by Gasteiger charge is 2.35. The molecule has 6 nitrogen and oxygen atoms in total. The molecular weight excluding hydrogens is 400 g/mol. The molecule has 0 unspecified atom stereocenters. The van der Waals surface area contributed by atoms with E-state index in [-0.39, 0.29) is 16.8 Å². The Morgan fingerprint density at radius 3 is 2.43 bits per heavy atom. The molecule has 0 aliphatic carbocycles. The van der Waals surface area contributed by atoms with Crippen LogP contribution in [0.1, 0.15) is 30.5 Å². The van der Waals surface area contributed by atoms with Gasteiger partial charge in [0.25, 0.3) is 11.8 Å². The second-order valence-electron chi connectivity index (χ2n) is 7.32. The Morgan fingerprint density at radius 1 is 1.07 bits per heavy atom. The molecule has 1 aliphatic heterocycles. The molecule has 0 radical (unpaired) electrons. The van der Waals surface area contributed by atoms with Gasteiger partial charge in [-0.2, -0.15) is 0 Å². The number of carbonyl (C=O) groups is 2. The number of nitrogens with zero attached hydrogens (tertiary/aromatic N) is 1. The Bertz CT molecular complexity index is 1060. The van der Waals surface area contributed by atoms with Crippen LogP contribution in [-0.4, -0.2) is 30.1 Å². The van der Waals surface area contributed by atoms with E-state index in [1.165, 1.54) is 18.1 Å². The fraction of sp³-hybridized carbons (Fsp3) is 0.261. The minimum Gasteiger partial charge on any atom is -0.493 e. The van der Waals surface area contributed by atoms with Crippen molar-refractivity contribution in [1.29, 1.82) is 0 Å². The lowest BCUT2D eigenvalue weighted by Gasteiger charge is -2.30. The maximum Gasteiger partial charge on any atom is 0.270 e. The van der Waals surface area contributed by atoms with Crippen molar-refractivity contribution >= 4 is 40.9 Å². The Hall–Kier alpha value is -3.19. The number of ether oxygens (including phenoxy) is 2. The van der Waals surface area contributed by atoms with Crippen LogP contribution in [0.25, 0.3) is 6.08 Å². The summed E-state index contributed by atoms with van der Waals surface area (Å²) in [7, 11) is 1.54. The van der Waals surface area contributed by atoms with E-state index in [1.807, 2.05) is 45.9 Å². The van der Waals surface area contributed by atoms with Gasteiger partial charge < -0.3 is 9.47 Å². The van der Waals surface area contributed by atoms with E-state index in [1.54, 1.807) is 18.2 Å². The molecule has 2 aromatic carbocycles. The highest BCUT2D eigenvalue weighted by Crippen LogP contribution is 2.31. The molecule has 0 saturated carbocycles. The third-order valence-corrected chi connectivity index (χ3v) is 4.84. The Balaban J connectivity index is 2.00.